The van der Waals surface area contributed by atoms with Gasteiger partial charge in [-0.15, -0.1) is 0 Å². The molecule has 1 atom stereocenters. The molecule has 7 heteroatoms. The van der Waals surface area contributed by atoms with Gasteiger partial charge in [0.15, 0.2) is 16.8 Å². The van der Waals surface area contributed by atoms with Crippen molar-refractivity contribution in [2.45, 2.75) is 4.90 Å². The van der Waals surface area contributed by atoms with Gasteiger partial charge < -0.3 is 0 Å². The molecule has 6 nitrogen and oxygen atoms in total. The smallest absolute Gasteiger partial charge is 0.167 e. The average molecular weight is 261 g/mol. The van der Waals surface area contributed by atoms with Crippen molar-refractivity contribution in [2.24, 2.45) is 7.05 Å². The summed E-state index contributed by atoms with van der Waals surface area (Å²) in [4.78, 5) is 0.588. The lowest BCUT2D eigenvalue weighted by atomic mass is 10.2. The molecule has 3 aromatic rings. The minimum atomic E-state index is -1.37. The van der Waals surface area contributed by atoms with E-state index >= 15 is 0 Å². The molecule has 2 N–H and O–H groups in total. The molecule has 1 aromatic carbocycles. The number of aromatic amines is 1. The minimum absolute atomic E-state index is 0.588. The summed E-state index contributed by atoms with van der Waals surface area (Å²) in [6.07, 6.45) is 3.11. The van der Waals surface area contributed by atoms with Gasteiger partial charge in [0.05, 0.1) is 16.6 Å². The first-order valence-corrected chi connectivity index (χ1v) is 6.49. The van der Waals surface area contributed by atoms with Gasteiger partial charge in [-0.25, -0.2) is 4.21 Å². The van der Waals surface area contributed by atoms with Gasteiger partial charge in [-0.3, -0.25) is 14.5 Å². The lowest BCUT2D eigenvalue weighted by Crippen LogP contribution is -2.05. The van der Waals surface area contributed by atoms with Crippen LogP contribution in [0.25, 0.3) is 10.9 Å². The van der Waals surface area contributed by atoms with E-state index in [1.807, 2.05) is 31.3 Å². The zero-order valence-corrected chi connectivity index (χ0v) is 10.4. The van der Waals surface area contributed by atoms with Crippen LogP contribution in [0.15, 0.2) is 41.6 Å². The molecule has 0 saturated heterocycles. The molecular formula is C11H11N5OS. The van der Waals surface area contributed by atoms with Gasteiger partial charge in [-0.05, 0) is 12.1 Å². The molecular weight excluding hydrogens is 250 g/mol. The lowest BCUT2D eigenvalue weighted by molar-refractivity contribution is 0.686. The molecule has 0 spiro atoms. The third kappa shape index (κ3) is 1.78. The van der Waals surface area contributed by atoms with Crippen LogP contribution < -0.4 is 4.72 Å². The zero-order chi connectivity index (χ0) is 12.5. The first-order valence-electron chi connectivity index (χ1n) is 5.34. The highest BCUT2D eigenvalue weighted by molar-refractivity contribution is 7.86. The number of fused-ring (bicyclic) bond motifs is 1. The number of nitrogens with zero attached hydrogens (tertiary/aromatic N) is 3. The van der Waals surface area contributed by atoms with E-state index in [-0.39, 0.29) is 0 Å². The normalized spacial score (nSPS) is 12.7. The summed E-state index contributed by atoms with van der Waals surface area (Å²) >= 11 is 0. The van der Waals surface area contributed by atoms with Crippen LogP contribution in [0.5, 0.6) is 0 Å². The van der Waals surface area contributed by atoms with Gasteiger partial charge in [0.2, 0.25) is 0 Å². The summed E-state index contributed by atoms with van der Waals surface area (Å²) < 4.78 is 16.7. The van der Waals surface area contributed by atoms with Crippen LogP contribution >= 0.6 is 0 Å². The molecule has 0 fully saturated rings. The number of hydrogen-bond acceptors (Lipinski definition) is 3. The van der Waals surface area contributed by atoms with Crippen molar-refractivity contribution in [1.82, 2.24) is 20.0 Å². The molecule has 0 saturated carbocycles. The molecule has 92 valence electrons. The molecule has 2 heterocycles. The Hall–Kier alpha value is -2.15. The Morgan fingerprint density at radius 3 is 3.00 bits per heavy atom. The van der Waals surface area contributed by atoms with Crippen LogP contribution in [0.2, 0.25) is 0 Å². The number of aromatic nitrogens is 4. The minimum Gasteiger partial charge on any atom is -0.284 e. The first-order chi connectivity index (χ1) is 8.75. The first kappa shape index (κ1) is 11.0. The molecule has 2 aromatic heterocycles. The predicted octanol–water partition coefficient (Wildman–Crippen LogP) is 1.43. The highest BCUT2D eigenvalue weighted by Crippen LogP contribution is 2.22. The Labute approximate surface area is 106 Å². The van der Waals surface area contributed by atoms with Crippen molar-refractivity contribution in [1.29, 1.82) is 0 Å². The quantitative estimate of drug-likeness (QED) is 0.749. The third-order valence-electron chi connectivity index (χ3n) is 2.63. The van der Waals surface area contributed by atoms with Crippen molar-refractivity contribution in [3.63, 3.8) is 0 Å². The van der Waals surface area contributed by atoms with Gasteiger partial charge in [-0.1, -0.05) is 12.1 Å². The molecule has 0 bridgehead atoms. The van der Waals surface area contributed by atoms with Crippen LogP contribution in [-0.4, -0.2) is 24.2 Å². The average Bonchev–Trinajstić information content (AvgIpc) is 3.00. The Bertz CT molecular complexity index is 703. The molecule has 18 heavy (non-hydrogen) atoms. The summed E-state index contributed by atoms with van der Waals surface area (Å²) in [5.74, 6) is 0.604. The van der Waals surface area contributed by atoms with E-state index in [1.54, 1.807) is 10.9 Å². The second-order valence-corrected chi connectivity index (χ2v) is 5.01. The van der Waals surface area contributed by atoms with Crippen molar-refractivity contribution >= 4 is 27.7 Å². The Kier molecular flexibility index (Phi) is 2.60. The van der Waals surface area contributed by atoms with E-state index in [0.717, 1.165) is 10.9 Å². The van der Waals surface area contributed by atoms with Crippen molar-refractivity contribution in [3.8, 4) is 0 Å². The maximum Gasteiger partial charge on any atom is 0.167 e. The number of nitrogens with one attached hydrogen (secondary N) is 2. The fourth-order valence-corrected chi connectivity index (χ4v) is 2.53. The monoisotopic (exact) mass is 261 g/mol. The summed E-state index contributed by atoms with van der Waals surface area (Å²) in [5, 5.41) is 11.7. The Morgan fingerprint density at radius 1 is 1.39 bits per heavy atom. The molecule has 0 aliphatic carbocycles. The number of aryl methyl sites for hydroxylation is 1. The summed E-state index contributed by atoms with van der Waals surface area (Å²) in [6, 6.07) is 7.78. The van der Waals surface area contributed by atoms with Crippen molar-refractivity contribution in [2.75, 3.05) is 4.72 Å². The van der Waals surface area contributed by atoms with Crippen LogP contribution in [0.3, 0.4) is 0 Å². The van der Waals surface area contributed by atoms with E-state index in [2.05, 4.69) is 20.0 Å². The SMILES string of the molecule is Cn1nc(NS(=O)c2cn[nH]c2)c2ccccc21. The van der Waals surface area contributed by atoms with Crippen molar-refractivity contribution in [3.05, 3.63) is 36.7 Å². The number of H-pyrrole nitrogens is 1. The van der Waals surface area contributed by atoms with Gasteiger partial charge >= 0.3 is 0 Å². The third-order valence-corrected chi connectivity index (χ3v) is 3.66. The lowest BCUT2D eigenvalue weighted by Gasteiger charge is -2.00. The van der Waals surface area contributed by atoms with Crippen molar-refractivity contribution < 1.29 is 4.21 Å². The fourth-order valence-electron chi connectivity index (χ4n) is 1.78. The maximum atomic E-state index is 12.0. The highest BCUT2D eigenvalue weighted by Gasteiger charge is 2.11. The van der Waals surface area contributed by atoms with Gasteiger partial charge in [0.25, 0.3) is 0 Å². The number of hydrogen-bond donors (Lipinski definition) is 2. The second kappa shape index (κ2) is 4.26. The Morgan fingerprint density at radius 2 is 2.22 bits per heavy atom. The topological polar surface area (TPSA) is 75.6 Å². The molecule has 0 radical (unpaired) electrons. The Balaban J connectivity index is 1.98. The van der Waals surface area contributed by atoms with Crippen LogP contribution in [0, 0.1) is 0 Å². The van der Waals surface area contributed by atoms with Crippen LogP contribution in [0.4, 0.5) is 5.82 Å². The van der Waals surface area contributed by atoms with Gasteiger partial charge in [0, 0.05) is 18.6 Å². The van der Waals surface area contributed by atoms with E-state index in [4.69, 9.17) is 0 Å². The largest absolute Gasteiger partial charge is 0.284 e. The van der Waals surface area contributed by atoms with E-state index in [1.165, 1.54) is 6.20 Å². The summed E-state index contributed by atoms with van der Waals surface area (Å²) in [7, 11) is 0.490. The second-order valence-electron chi connectivity index (χ2n) is 3.79. The molecule has 0 aliphatic rings. The van der Waals surface area contributed by atoms with E-state index in [0.29, 0.717) is 10.7 Å². The summed E-state index contributed by atoms with van der Waals surface area (Å²) in [5.41, 5.74) is 0.990. The fraction of sp³-hybridized carbons (Fsp3) is 0.0909. The standard InChI is InChI=1S/C11H11N5OS/c1-16-10-5-3-2-4-9(10)11(14-16)15-18(17)8-6-12-13-7-8/h2-7H,1H3,(H,12,13)(H,14,15). The number of benzene rings is 1. The predicted molar refractivity (Wildman–Crippen MR) is 69.3 cm³/mol. The number of rotatable bonds is 3. The number of anilines is 1. The van der Waals surface area contributed by atoms with Crippen LogP contribution in [0.1, 0.15) is 0 Å². The van der Waals surface area contributed by atoms with Gasteiger partial charge in [-0.2, -0.15) is 10.2 Å². The zero-order valence-electron chi connectivity index (χ0n) is 9.62. The molecule has 0 aliphatic heterocycles. The maximum absolute atomic E-state index is 12.0. The molecule has 0 amide bonds. The molecule has 1 unspecified atom stereocenters. The van der Waals surface area contributed by atoms with E-state index < -0.39 is 11.0 Å². The van der Waals surface area contributed by atoms with Gasteiger partial charge in [0.1, 0.15) is 0 Å². The summed E-state index contributed by atoms with van der Waals surface area (Å²) in [6.45, 7) is 0. The number of para-hydroxylation sites is 1. The highest BCUT2D eigenvalue weighted by atomic mass is 32.2. The molecule has 3 rings (SSSR count). The van der Waals surface area contributed by atoms with E-state index in [9.17, 15) is 4.21 Å². The van der Waals surface area contributed by atoms with Crippen LogP contribution in [-0.2, 0) is 18.0 Å².